The average Bonchev–Trinajstić information content (AvgIpc) is 2.06. The van der Waals surface area contributed by atoms with E-state index in [0.717, 1.165) is 18.8 Å². The van der Waals surface area contributed by atoms with Crippen LogP contribution in [0.3, 0.4) is 0 Å². The zero-order valence-corrected chi connectivity index (χ0v) is 11.0. The molecule has 1 unspecified atom stereocenters. The van der Waals surface area contributed by atoms with E-state index in [9.17, 15) is 0 Å². The van der Waals surface area contributed by atoms with Crippen LogP contribution < -0.4 is 0 Å². The third kappa shape index (κ3) is 22.5. The predicted octanol–water partition coefficient (Wildman–Crippen LogP) is 4.27. The van der Waals surface area contributed by atoms with Crippen molar-refractivity contribution in [3.05, 3.63) is 13.8 Å². The van der Waals surface area contributed by atoms with E-state index in [1.165, 1.54) is 19.3 Å². The molecule has 0 nitrogen and oxygen atoms in total. The standard InChI is InChI=1S/C6H13.C5H11.Tb/c1-4-6(3)5-2;1-3-5-4-2;/h6H,1,4-5H2,2-3H3;1,3-5H2,2H3;/q2*-1;. The van der Waals surface area contributed by atoms with E-state index in [4.69, 9.17) is 0 Å². The molecule has 0 fully saturated rings. The fraction of sp³-hybridized carbons (Fsp3) is 0.818. The van der Waals surface area contributed by atoms with Crippen molar-refractivity contribution in [3.63, 3.8) is 0 Å². The maximum Gasteiger partial charge on any atom is 0 e. The van der Waals surface area contributed by atoms with Crippen LogP contribution in [-0.4, -0.2) is 0 Å². The molecule has 0 aromatic carbocycles. The van der Waals surface area contributed by atoms with Gasteiger partial charge in [0, 0.05) is 38.6 Å². The largest absolute Gasteiger partial charge is 0.343 e. The van der Waals surface area contributed by atoms with E-state index in [-0.39, 0.29) is 38.6 Å². The Bertz CT molecular complexity index is 47.0. The van der Waals surface area contributed by atoms with Crippen LogP contribution in [0.15, 0.2) is 0 Å². The molecule has 0 bridgehead atoms. The van der Waals surface area contributed by atoms with Gasteiger partial charge >= 0.3 is 0 Å². The maximum atomic E-state index is 3.76. The Balaban J connectivity index is -0.000000126. The topological polar surface area (TPSA) is 0 Å². The Labute approximate surface area is 110 Å². The maximum absolute atomic E-state index is 3.76. The third-order valence-corrected chi connectivity index (χ3v) is 1.79. The first-order valence-corrected chi connectivity index (χ1v) is 4.81. The monoisotopic (exact) mass is 315 g/mol. The minimum atomic E-state index is 0. The zero-order valence-electron chi connectivity index (χ0n) is 8.86. The summed E-state index contributed by atoms with van der Waals surface area (Å²) >= 11 is 0. The van der Waals surface area contributed by atoms with Crippen LogP contribution in [0.2, 0.25) is 0 Å². The summed E-state index contributed by atoms with van der Waals surface area (Å²) in [6, 6.07) is 0. The van der Waals surface area contributed by atoms with Crippen molar-refractivity contribution in [2.45, 2.75) is 52.9 Å². The van der Waals surface area contributed by atoms with Gasteiger partial charge in [0.2, 0.25) is 0 Å². The number of hydrogen-bond donors (Lipinski definition) is 0. The second-order valence-corrected chi connectivity index (χ2v) is 3.01. The van der Waals surface area contributed by atoms with Crippen LogP contribution in [0.4, 0.5) is 0 Å². The number of unbranched alkanes of at least 4 members (excludes halogenated alkanes) is 2. The first-order chi connectivity index (χ1) is 5.22. The van der Waals surface area contributed by atoms with Crippen molar-refractivity contribution >= 4 is 0 Å². The normalized spacial score (nSPS) is 10.8. The quantitative estimate of drug-likeness (QED) is 0.680. The smallest absolute Gasteiger partial charge is 0 e. The van der Waals surface area contributed by atoms with Crippen molar-refractivity contribution in [1.29, 1.82) is 0 Å². The molecule has 1 radical (unpaired) electrons. The van der Waals surface area contributed by atoms with E-state index < -0.39 is 0 Å². The van der Waals surface area contributed by atoms with Gasteiger partial charge in [-0.25, -0.2) is 0 Å². The minimum absolute atomic E-state index is 0. The van der Waals surface area contributed by atoms with Gasteiger partial charge in [-0.3, -0.25) is 0 Å². The van der Waals surface area contributed by atoms with Crippen LogP contribution in [0.5, 0.6) is 0 Å². The molecule has 1 atom stereocenters. The van der Waals surface area contributed by atoms with E-state index >= 15 is 0 Å². The molecule has 0 amide bonds. The zero-order chi connectivity index (χ0) is 9.11. The summed E-state index contributed by atoms with van der Waals surface area (Å²) in [5.74, 6) is 0.824. The summed E-state index contributed by atoms with van der Waals surface area (Å²) in [6.07, 6.45) is 6.00. The molecule has 79 valence electrons. The molecule has 0 heterocycles. The molecule has 0 N–H and O–H groups in total. The molecule has 0 aliphatic heterocycles. The Morgan fingerprint density at radius 1 is 1.17 bits per heavy atom. The molecule has 0 aliphatic carbocycles. The van der Waals surface area contributed by atoms with Crippen LogP contribution in [-0.2, 0) is 0 Å². The number of rotatable bonds is 4. The van der Waals surface area contributed by atoms with Crippen LogP contribution in [0, 0.1) is 58.4 Å². The average molecular weight is 315 g/mol. The summed E-state index contributed by atoms with van der Waals surface area (Å²) < 4.78 is 0. The Morgan fingerprint density at radius 3 is 1.67 bits per heavy atom. The fourth-order valence-electron chi connectivity index (χ4n) is 0.454. The van der Waals surface area contributed by atoms with Gasteiger partial charge in [0.05, 0.1) is 0 Å². The molecule has 0 saturated carbocycles. The summed E-state index contributed by atoms with van der Waals surface area (Å²) in [6.45, 7) is 14.0. The third-order valence-electron chi connectivity index (χ3n) is 1.79. The van der Waals surface area contributed by atoms with Gasteiger partial charge in [0.25, 0.3) is 0 Å². The van der Waals surface area contributed by atoms with E-state index in [1.54, 1.807) is 0 Å². The molecule has 0 aliphatic rings. The molecule has 1 heteroatoms. The first-order valence-electron chi connectivity index (χ1n) is 4.81. The minimum Gasteiger partial charge on any atom is -0.343 e. The van der Waals surface area contributed by atoms with E-state index in [2.05, 4.69) is 34.6 Å². The fourth-order valence-corrected chi connectivity index (χ4v) is 0.454. The van der Waals surface area contributed by atoms with Crippen molar-refractivity contribution in [3.8, 4) is 0 Å². The van der Waals surface area contributed by atoms with Crippen molar-refractivity contribution < 1.29 is 38.6 Å². The van der Waals surface area contributed by atoms with Crippen molar-refractivity contribution in [2.75, 3.05) is 0 Å². The second kappa shape index (κ2) is 18.1. The molecule has 0 saturated heterocycles. The van der Waals surface area contributed by atoms with Gasteiger partial charge in [0.1, 0.15) is 0 Å². The Kier molecular flexibility index (Phi) is 28.7. The van der Waals surface area contributed by atoms with Gasteiger partial charge in [-0.1, -0.05) is 46.0 Å². The van der Waals surface area contributed by atoms with Gasteiger partial charge in [-0.2, -0.15) is 12.8 Å². The van der Waals surface area contributed by atoms with Gasteiger partial charge < -0.3 is 13.8 Å². The van der Waals surface area contributed by atoms with E-state index in [1.807, 2.05) is 0 Å². The second-order valence-electron chi connectivity index (χ2n) is 3.01. The first kappa shape index (κ1) is 19.0. The molecule has 0 aromatic heterocycles. The summed E-state index contributed by atoms with van der Waals surface area (Å²) in [5, 5.41) is 0. The van der Waals surface area contributed by atoms with Crippen LogP contribution in [0.25, 0.3) is 0 Å². The SMILES string of the molecule is [CH2-]CC(C)CC.[CH2-]CCCC.[Tb]. The molecular formula is C11H24Tb-2. The van der Waals surface area contributed by atoms with Crippen molar-refractivity contribution in [2.24, 2.45) is 5.92 Å². The summed E-state index contributed by atoms with van der Waals surface area (Å²) in [5.41, 5.74) is 0. The van der Waals surface area contributed by atoms with Crippen molar-refractivity contribution in [1.82, 2.24) is 0 Å². The Hall–Kier alpha value is 1.29. The van der Waals surface area contributed by atoms with Crippen LogP contribution in [0.1, 0.15) is 52.9 Å². The summed E-state index contributed by atoms with van der Waals surface area (Å²) in [7, 11) is 0. The predicted molar refractivity (Wildman–Crippen MR) is 54.3 cm³/mol. The van der Waals surface area contributed by atoms with Gasteiger partial charge in [-0.05, 0) is 0 Å². The summed E-state index contributed by atoms with van der Waals surface area (Å²) in [4.78, 5) is 0. The van der Waals surface area contributed by atoms with Gasteiger partial charge in [-0.15, -0.1) is 0 Å². The molecular weight excluding hydrogens is 291 g/mol. The van der Waals surface area contributed by atoms with E-state index in [0.29, 0.717) is 0 Å². The Morgan fingerprint density at radius 2 is 1.67 bits per heavy atom. The molecule has 12 heavy (non-hydrogen) atoms. The number of hydrogen-bond acceptors (Lipinski definition) is 0. The molecule has 0 rings (SSSR count). The molecule has 0 spiro atoms. The molecule has 0 aromatic rings. The van der Waals surface area contributed by atoms with Gasteiger partial charge in [0.15, 0.2) is 0 Å². The van der Waals surface area contributed by atoms with Crippen LogP contribution >= 0.6 is 0 Å².